The van der Waals surface area contributed by atoms with Crippen LogP contribution in [-0.4, -0.2) is 5.71 Å². The van der Waals surface area contributed by atoms with E-state index >= 15 is 0 Å². The summed E-state index contributed by atoms with van der Waals surface area (Å²) in [5, 5.41) is 4.26. The molecule has 114 valence electrons. The van der Waals surface area contributed by atoms with Crippen LogP contribution in [0.5, 0.6) is 0 Å². The number of benzene rings is 2. The third kappa shape index (κ3) is 5.21. The van der Waals surface area contributed by atoms with Crippen molar-refractivity contribution in [2.24, 2.45) is 5.16 Å². The van der Waals surface area contributed by atoms with Crippen molar-refractivity contribution in [3.63, 3.8) is 0 Å². The Labute approximate surface area is 133 Å². The Kier molecular flexibility index (Phi) is 6.43. The topological polar surface area (TPSA) is 21.6 Å². The lowest BCUT2D eigenvalue weighted by Crippen LogP contribution is -2.01. The molecule has 0 aliphatic rings. The van der Waals surface area contributed by atoms with Crippen LogP contribution >= 0.6 is 0 Å². The summed E-state index contributed by atoms with van der Waals surface area (Å²) in [6.07, 6.45) is 6.06. The molecule has 0 saturated heterocycles. The van der Waals surface area contributed by atoms with Crippen LogP contribution in [0, 0.1) is 0 Å². The molecule has 0 spiro atoms. The predicted octanol–water partition coefficient (Wildman–Crippen LogP) is 5.63. The van der Waals surface area contributed by atoms with Gasteiger partial charge in [-0.1, -0.05) is 85.2 Å². The molecule has 0 unspecified atom stereocenters. The molecule has 2 nitrogen and oxygen atoms in total. The van der Waals surface area contributed by atoms with Crippen molar-refractivity contribution in [3.8, 4) is 0 Å². The first kappa shape index (κ1) is 16.0. The molecule has 0 bridgehead atoms. The Bertz CT molecular complexity index is 602. The molecule has 0 N–H and O–H groups in total. The maximum atomic E-state index is 5.76. The molecule has 0 radical (unpaired) electrons. The SMILES string of the molecule is CCC[C@@H](O/N=C(C)/C=C/c1ccccc1)c1ccccc1. The van der Waals surface area contributed by atoms with Crippen molar-refractivity contribution in [2.75, 3.05) is 0 Å². The van der Waals surface area contributed by atoms with Crippen molar-refractivity contribution in [1.29, 1.82) is 0 Å². The predicted molar refractivity (Wildman–Crippen MR) is 93.8 cm³/mol. The third-order valence-electron chi connectivity index (χ3n) is 3.36. The molecule has 0 aliphatic carbocycles. The van der Waals surface area contributed by atoms with Crippen LogP contribution in [0.1, 0.15) is 43.9 Å². The van der Waals surface area contributed by atoms with E-state index in [1.165, 1.54) is 5.56 Å². The van der Waals surface area contributed by atoms with E-state index in [4.69, 9.17) is 4.84 Å². The summed E-state index contributed by atoms with van der Waals surface area (Å²) in [6, 6.07) is 20.4. The van der Waals surface area contributed by atoms with E-state index in [-0.39, 0.29) is 6.10 Å². The summed E-state index contributed by atoms with van der Waals surface area (Å²) < 4.78 is 0. The molecule has 1 atom stereocenters. The molecule has 0 fully saturated rings. The number of hydrogen-bond acceptors (Lipinski definition) is 2. The van der Waals surface area contributed by atoms with Gasteiger partial charge in [-0.2, -0.15) is 0 Å². The van der Waals surface area contributed by atoms with E-state index in [2.05, 4.69) is 36.3 Å². The highest BCUT2D eigenvalue weighted by molar-refractivity contribution is 5.95. The second-order valence-corrected chi connectivity index (χ2v) is 5.27. The summed E-state index contributed by atoms with van der Waals surface area (Å²) in [4.78, 5) is 5.76. The number of nitrogens with zero attached hydrogens (tertiary/aromatic N) is 1. The van der Waals surface area contributed by atoms with E-state index in [1.807, 2.05) is 55.5 Å². The van der Waals surface area contributed by atoms with Crippen LogP contribution in [0.2, 0.25) is 0 Å². The Balaban J connectivity index is 2.00. The zero-order valence-electron chi connectivity index (χ0n) is 13.3. The Morgan fingerprint density at radius 1 is 1.05 bits per heavy atom. The molecule has 0 aliphatic heterocycles. The van der Waals surface area contributed by atoms with Gasteiger partial charge in [-0.05, 0) is 30.5 Å². The Hall–Kier alpha value is -2.35. The van der Waals surface area contributed by atoms with Crippen molar-refractivity contribution < 1.29 is 4.84 Å². The number of rotatable bonds is 7. The number of hydrogen-bond donors (Lipinski definition) is 0. The van der Waals surface area contributed by atoms with Crippen molar-refractivity contribution in [1.82, 2.24) is 0 Å². The lowest BCUT2D eigenvalue weighted by molar-refractivity contribution is 0.0517. The van der Waals surface area contributed by atoms with Gasteiger partial charge >= 0.3 is 0 Å². The standard InChI is InChI=1S/C20H23NO/c1-3-10-20(19-13-8-5-9-14-19)22-21-17(2)15-16-18-11-6-4-7-12-18/h4-9,11-16,20H,3,10H2,1-2H3/b16-15+,21-17+/t20-/m1/s1. The fourth-order valence-electron chi connectivity index (χ4n) is 2.17. The summed E-state index contributed by atoms with van der Waals surface area (Å²) in [7, 11) is 0. The number of oxime groups is 1. The van der Waals surface area contributed by atoms with Crippen LogP contribution < -0.4 is 0 Å². The first-order valence-corrected chi connectivity index (χ1v) is 7.78. The van der Waals surface area contributed by atoms with Gasteiger partial charge in [0.1, 0.15) is 0 Å². The van der Waals surface area contributed by atoms with Gasteiger partial charge < -0.3 is 4.84 Å². The molecular weight excluding hydrogens is 270 g/mol. The summed E-state index contributed by atoms with van der Waals surface area (Å²) in [5.74, 6) is 0. The van der Waals surface area contributed by atoms with Gasteiger partial charge in [0.15, 0.2) is 6.10 Å². The summed E-state index contributed by atoms with van der Waals surface area (Å²) in [6.45, 7) is 4.11. The zero-order valence-corrected chi connectivity index (χ0v) is 13.3. The average molecular weight is 293 g/mol. The molecule has 22 heavy (non-hydrogen) atoms. The van der Waals surface area contributed by atoms with Gasteiger partial charge in [0.2, 0.25) is 0 Å². The highest BCUT2D eigenvalue weighted by Gasteiger charge is 2.10. The Morgan fingerprint density at radius 2 is 1.68 bits per heavy atom. The first-order chi connectivity index (χ1) is 10.8. The van der Waals surface area contributed by atoms with Crippen LogP contribution in [-0.2, 0) is 4.84 Å². The fourth-order valence-corrected chi connectivity index (χ4v) is 2.17. The van der Waals surface area contributed by atoms with Gasteiger partial charge in [0.25, 0.3) is 0 Å². The minimum Gasteiger partial charge on any atom is -0.387 e. The highest BCUT2D eigenvalue weighted by Crippen LogP contribution is 2.22. The maximum Gasteiger partial charge on any atom is 0.152 e. The molecule has 2 aromatic carbocycles. The van der Waals surface area contributed by atoms with Crippen molar-refractivity contribution in [2.45, 2.75) is 32.8 Å². The Morgan fingerprint density at radius 3 is 2.32 bits per heavy atom. The third-order valence-corrected chi connectivity index (χ3v) is 3.36. The fraction of sp³-hybridized carbons (Fsp3) is 0.250. The van der Waals surface area contributed by atoms with E-state index in [0.29, 0.717) is 0 Å². The van der Waals surface area contributed by atoms with E-state index in [1.54, 1.807) is 0 Å². The van der Waals surface area contributed by atoms with Crippen molar-refractivity contribution >= 4 is 11.8 Å². The lowest BCUT2D eigenvalue weighted by atomic mass is 10.1. The van der Waals surface area contributed by atoms with Gasteiger partial charge in [0, 0.05) is 0 Å². The first-order valence-electron chi connectivity index (χ1n) is 7.78. The minimum absolute atomic E-state index is 0.0197. The summed E-state index contributed by atoms with van der Waals surface area (Å²) >= 11 is 0. The highest BCUT2D eigenvalue weighted by atomic mass is 16.6. The average Bonchev–Trinajstić information content (AvgIpc) is 2.58. The quantitative estimate of drug-likeness (QED) is 0.478. The summed E-state index contributed by atoms with van der Waals surface area (Å²) in [5.41, 5.74) is 3.19. The molecule has 0 aromatic heterocycles. The molecule has 0 amide bonds. The van der Waals surface area contributed by atoms with E-state index < -0.39 is 0 Å². The van der Waals surface area contributed by atoms with E-state index in [9.17, 15) is 0 Å². The van der Waals surface area contributed by atoms with Crippen LogP contribution in [0.4, 0.5) is 0 Å². The smallest absolute Gasteiger partial charge is 0.152 e. The van der Waals surface area contributed by atoms with Crippen LogP contribution in [0.25, 0.3) is 6.08 Å². The maximum absolute atomic E-state index is 5.76. The van der Waals surface area contributed by atoms with E-state index in [0.717, 1.165) is 24.1 Å². The molecule has 0 saturated carbocycles. The molecular formula is C20H23NO. The van der Waals surface area contributed by atoms with Gasteiger partial charge in [-0.15, -0.1) is 0 Å². The van der Waals surface area contributed by atoms with Gasteiger partial charge in [0.05, 0.1) is 5.71 Å². The minimum atomic E-state index is 0.0197. The normalized spacial score (nSPS) is 13.3. The molecule has 2 aromatic rings. The monoisotopic (exact) mass is 293 g/mol. The van der Waals surface area contributed by atoms with Gasteiger partial charge in [-0.25, -0.2) is 0 Å². The second kappa shape index (κ2) is 8.83. The van der Waals surface area contributed by atoms with Crippen LogP contribution in [0.15, 0.2) is 71.9 Å². The van der Waals surface area contributed by atoms with Gasteiger partial charge in [-0.3, -0.25) is 0 Å². The molecule has 2 heteroatoms. The zero-order chi connectivity index (χ0) is 15.6. The number of allylic oxidation sites excluding steroid dienone is 1. The van der Waals surface area contributed by atoms with Crippen molar-refractivity contribution in [3.05, 3.63) is 77.9 Å². The van der Waals surface area contributed by atoms with Crippen LogP contribution in [0.3, 0.4) is 0 Å². The largest absolute Gasteiger partial charge is 0.387 e. The molecule has 0 heterocycles. The molecule has 2 rings (SSSR count). The second-order valence-electron chi connectivity index (χ2n) is 5.27. The lowest BCUT2D eigenvalue weighted by Gasteiger charge is -2.14.